The zero-order valence-electron chi connectivity index (χ0n) is 10.6. The van der Waals surface area contributed by atoms with Gasteiger partial charge in [-0.2, -0.15) is 13.2 Å². The van der Waals surface area contributed by atoms with E-state index in [1.54, 1.807) is 0 Å². The first-order valence-electron chi connectivity index (χ1n) is 5.86. The van der Waals surface area contributed by atoms with Crippen molar-refractivity contribution in [1.82, 2.24) is 9.97 Å². The molecule has 2 rings (SSSR count). The fourth-order valence-corrected chi connectivity index (χ4v) is 2.04. The second-order valence-electron chi connectivity index (χ2n) is 3.87. The third-order valence-corrected chi connectivity index (χ3v) is 3.15. The van der Waals surface area contributed by atoms with E-state index in [0.29, 0.717) is 11.5 Å². The number of rotatable bonds is 5. The molecular weight excluding hydrogens is 308 g/mol. The minimum Gasteiger partial charge on any atom is -0.493 e. The molecule has 2 aromatic rings. The van der Waals surface area contributed by atoms with Gasteiger partial charge in [-0.25, -0.2) is 14.4 Å². The molecule has 3 nitrogen and oxygen atoms in total. The van der Waals surface area contributed by atoms with Crippen LogP contribution in [0.1, 0.15) is 5.69 Å². The summed E-state index contributed by atoms with van der Waals surface area (Å²) in [6.45, 7) is 0.246. The Morgan fingerprint density at radius 1 is 1.10 bits per heavy atom. The fraction of sp³-hybridized carbons (Fsp3) is 0.231. The lowest BCUT2D eigenvalue weighted by Crippen LogP contribution is -2.09. The van der Waals surface area contributed by atoms with Crippen molar-refractivity contribution in [1.29, 1.82) is 0 Å². The number of halogens is 4. The summed E-state index contributed by atoms with van der Waals surface area (Å²) < 4.78 is 55.3. The van der Waals surface area contributed by atoms with Crippen LogP contribution >= 0.6 is 11.8 Å². The zero-order chi connectivity index (χ0) is 15.3. The summed E-state index contributed by atoms with van der Waals surface area (Å²) >= 11 is 1.05. The summed E-state index contributed by atoms with van der Waals surface area (Å²) in [6.07, 6.45) is -3.41. The van der Waals surface area contributed by atoms with E-state index < -0.39 is 11.9 Å². The molecule has 0 bridgehead atoms. The van der Waals surface area contributed by atoms with Crippen molar-refractivity contribution in [2.75, 3.05) is 12.4 Å². The van der Waals surface area contributed by atoms with Crippen LogP contribution in [0.15, 0.2) is 41.7 Å². The van der Waals surface area contributed by atoms with Crippen LogP contribution in [0.3, 0.4) is 0 Å². The molecule has 0 aliphatic carbocycles. The molecule has 0 radical (unpaired) electrons. The maximum absolute atomic E-state index is 12.7. The molecule has 0 aliphatic heterocycles. The molecule has 0 saturated heterocycles. The fourth-order valence-electron chi connectivity index (χ4n) is 1.39. The van der Waals surface area contributed by atoms with E-state index in [0.717, 1.165) is 24.0 Å². The first kappa shape index (κ1) is 15.6. The number of hydrogen-bond donors (Lipinski definition) is 0. The van der Waals surface area contributed by atoms with Crippen molar-refractivity contribution < 1.29 is 22.3 Å². The predicted octanol–water partition coefficient (Wildman–Crippen LogP) is 3.81. The van der Waals surface area contributed by atoms with E-state index in [1.165, 1.54) is 24.3 Å². The lowest BCUT2D eigenvalue weighted by Gasteiger charge is -2.07. The number of aromatic nitrogens is 2. The standard InChI is InChI=1S/C13H10F4N2OS/c14-9-1-3-10(4-2-9)20-7-8-21-12-18-6-5-11(19-12)13(15,16)17/h1-6H,7-8H2. The van der Waals surface area contributed by atoms with Gasteiger partial charge < -0.3 is 4.74 Å². The van der Waals surface area contributed by atoms with Crippen LogP contribution in [0, 0.1) is 5.82 Å². The first-order chi connectivity index (χ1) is 9.95. The van der Waals surface area contributed by atoms with Gasteiger partial charge in [-0.15, -0.1) is 0 Å². The van der Waals surface area contributed by atoms with Gasteiger partial charge >= 0.3 is 6.18 Å². The number of hydrogen-bond acceptors (Lipinski definition) is 4. The van der Waals surface area contributed by atoms with Crippen molar-refractivity contribution >= 4 is 11.8 Å². The van der Waals surface area contributed by atoms with Crippen molar-refractivity contribution in [3.63, 3.8) is 0 Å². The molecule has 1 heterocycles. The van der Waals surface area contributed by atoms with Gasteiger partial charge in [-0.05, 0) is 30.3 Å². The van der Waals surface area contributed by atoms with Crippen LogP contribution < -0.4 is 4.74 Å². The smallest absolute Gasteiger partial charge is 0.433 e. The van der Waals surface area contributed by atoms with Gasteiger partial charge in [-0.3, -0.25) is 0 Å². The molecule has 21 heavy (non-hydrogen) atoms. The number of benzene rings is 1. The zero-order valence-corrected chi connectivity index (χ0v) is 11.4. The molecule has 1 aromatic heterocycles. The summed E-state index contributed by atoms with van der Waals surface area (Å²) in [4.78, 5) is 7.18. The first-order valence-corrected chi connectivity index (χ1v) is 6.85. The third-order valence-electron chi connectivity index (χ3n) is 2.32. The van der Waals surface area contributed by atoms with E-state index in [4.69, 9.17) is 4.74 Å². The Balaban J connectivity index is 1.82. The van der Waals surface area contributed by atoms with E-state index in [9.17, 15) is 17.6 Å². The van der Waals surface area contributed by atoms with E-state index in [2.05, 4.69) is 9.97 Å². The highest BCUT2D eigenvalue weighted by Gasteiger charge is 2.32. The largest absolute Gasteiger partial charge is 0.493 e. The van der Waals surface area contributed by atoms with Crippen LogP contribution in [0.4, 0.5) is 17.6 Å². The highest BCUT2D eigenvalue weighted by atomic mass is 32.2. The second kappa shape index (κ2) is 6.75. The maximum atomic E-state index is 12.7. The Hall–Kier alpha value is -1.83. The average molecular weight is 318 g/mol. The third kappa shape index (κ3) is 4.89. The van der Waals surface area contributed by atoms with Gasteiger partial charge in [-0.1, -0.05) is 11.8 Å². The molecule has 0 atom stereocenters. The number of thioether (sulfide) groups is 1. The molecule has 0 unspecified atom stereocenters. The molecule has 0 N–H and O–H groups in total. The van der Waals surface area contributed by atoms with Gasteiger partial charge in [0.2, 0.25) is 0 Å². The van der Waals surface area contributed by atoms with Crippen LogP contribution in [-0.4, -0.2) is 22.3 Å². The van der Waals surface area contributed by atoms with Crippen molar-refractivity contribution in [3.8, 4) is 5.75 Å². The normalized spacial score (nSPS) is 11.4. The predicted molar refractivity (Wildman–Crippen MR) is 69.7 cm³/mol. The molecular formula is C13H10F4N2OS. The van der Waals surface area contributed by atoms with Crippen molar-refractivity contribution in [3.05, 3.63) is 48.0 Å². The highest BCUT2D eigenvalue weighted by molar-refractivity contribution is 7.99. The quantitative estimate of drug-likeness (QED) is 0.363. The van der Waals surface area contributed by atoms with Crippen molar-refractivity contribution in [2.45, 2.75) is 11.3 Å². The molecule has 112 valence electrons. The lowest BCUT2D eigenvalue weighted by atomic mass is 10.3. The van der Waals surface area contributed by atoms with Gasteiger partial charge in [0, 0.05) is 11.9 Å². The Morgan fingerprint density at radius 3 is 2.48 bits per heavy atom. The number of alkyl halides is 3. The minimum absolute atomic E-state index is 0.0348. The maximum Gasteiger partial charge on any atom is 0.433 e. The summed E-state index contributed by atoms with van der Waals surface area (Å²) in [5, 5.41) is 0.0348. The lowest BCUT2D eigenvalue weighted by molar-refractivity contribution is -0.141. The second-order valence-corrected chi connectivity index (χ2v) is 4.94. The molecule has 1 aromatic carbocycles. The van der Waals surface area contributed by atoms with Crippen LogP contribution in [0.25, 0.3) is 0 Å². The topological polar surface area (TPSA) is 35.0 Å². The molecule has 8 heteroatoms. The average Bonchev–Trinajstić information content (AvgIpc) is 2.45. The van der Waals surface area contributed by atoms with Gasteiger partial charge in [0.25, 0.3) is 0 Å². The number of nitrogens with zero attached hydrogens (tertiary/aromatic N) is 2. The summed E-state index contributed by atoms with van der Waals surface area (Å²) in [6, 6.07) is 6.29. The van der Waals surface area contributed by atoms with Gasteiger partial charge in [0.1, 0.15) is 17.3 Å². The Morgan fingerprint density at radius 2 is 1.81 bits per heavy atom. The molecule has 0 spiro atoms. The van der Waals surface area contributed by atoms with Crippen LogP contribution in [0.2, 0.25) is 0 Å². The molecule has 0 aliphatic rings. The monoisotopic (exact) mass is 318 g/mol. The highest BCUT2D eigenvalue weighted by Crippen LogP contribution is 2.28. The minimum atomic E-state index is -4.48. The summed E-state index contributed by atoms with van der Waals surface area (Å²) in [5.74, 6) is 0.495. The molecule has 0 fully saturated rings. The Bertz CT molecular complexity index is 589. The summed E-state index contributed by atoms with van der Waals surface area (Å²) in [7, 11) is 0. The van der Waals surface area contributed by atoms with E-state index in [-0.39, 0.29) is 17.6 Å². The van der Waals surface area contributed by atoms with E-state index >= 15 is 0 Å². The Labute approximate surface area is 122 Å². The van der Waals surface area contributed by atoms with Gasteiger partial charge in [0.05, 0.1) is 6.61 Å². The Kier molecular flexibility index (Phi) is 5.00. The van der Waals surface area contributed by atoms with Gasteiger partial charge in [0.15, 0.2) is 5.16 Å². The van der Waals surface area contributed by atoms with Crippen molar-refractivity contribution in [2.24, 2.45) is 0 Å². The molecule has 0 amide bonds. The SMILES string of the molecule is Fc1ccc(OCCSc2nccc(C(F)(F)F)n2)cc1. The number of ether oxygens (including phenoxy) is 1. The molecule has 0 saturated carbocycles. The van der Waals surface area contributed by atoms with E-state index in [1.807, 2.05) is 0 Å². The summed E-state index contributed by atoms with van der Waals surface area (Å²) in [5.41, 5.74) is -0.973. The van der Waals surface area contributed by atoms with Crippen LogP contribution in [-0.2, 0) is 6.18 Å². The van der Waals surface area contributed by atoms with Crippen LogP contribution in [0.5, 0.6) is 5.75 Å².